The molecule has 0 saturated heterocycles. The third kappa shape index (κ3) is 7.10. The fourth-order valence-corrected chi connectivity index (χ4v) is 2.01. The summed E-state index contributed by atoms with van der Waals surface area (Å²) in [4.78, 5) is 36.0. The van der Waals surface area contributed by atoms with Gasteiger partial charge in [-0.1, -0.05) is 58.0 Å². The van der Waals surface area contributed by atoms with Gasteiger partial charge in [-0.25, -0.2) is 4.79 Å². The normalized spacial score (nSPS) is 13.0. The Balaban J connectivity index is 2.52. The van der Waals surface area contributed by atoms with Crippen molar-refractivity contribution in [2.45, 2.75) is 46.4 Å². The van der Waals surface area contributed by atoms with Gasteiger partial charge in [-0.05, 0) is 17.4 Å². The molecule has 0 aliphatic carbocycles. The van der Waals surface area contributed by atoms with E-state index >= 15 is 0 Å². The van der Waals surface area contributed by atoms with Gasteiger partial charge in [-0.2, -0.15) is 0 Å². The summed E-state index contributed by atoms with van der Waals surface area (Å²) in [6.07, 6.45) is -0.715. The summed E-state index contributed by atoms with van der Waals surface area (Å²) >= 11 is 0. The SMILES string of the molecule is CC(C)[C@@H](N)C(=O)NNC(=O)[C@H](NC(=O)OCc1ccccc1)C(C)C. The summed E-state index contributed by atoms with van der Waals surface area (Å²) in [5.74, 6) is -1.34. The number of rotatable bonds is 7. The largest absolute Gasteiger partial charge is 0.445 e. The molecule has 0 saturated carbocycles. The van der Waals surface area contributed by atoms with E-state index in [4.69, 9.17) is 10.5 Å². The molecule has 0 heterocycles. The Morgan fingerprint density at radius 1 is 0.962 bits per heavy atom. The standard InChI is InChI=1S/C18H28N4O4/c1-11(2)14(19)16(23)21-22-17(24)15(12(3)4)20-18(25)26-10-13-8-6-5-7-9-13/h5-9,11-12,14-15H,10,19H2,1-4H3,(H,20,25)(H,21,23)(H,22,24)/t14-,15-/m1/s1. The van der Waals surface area contributed by atoms with Crippen LogP contribution in [0.5, 0.6) is 0 Å². The first kappa shape index (κ1) is 21.4. The minimum Gasteiger partial charge on any atom is -0.445 e. The number of nitrogens with two attached hydrogens (primary N) is 1. The topological polar surface area (TPSA) is 123 Å². The highest BCUT2D eigenvalue weighted by molar-refractivity contribution is 5.89. The van der Waals surface area contributed by atoms with Crippen molar-refractivity contribution in [3.8, 4) is 0 Å². The van der Waals surface area contributed by atoms with Crippen LogP contribution in [0.15, 0.2) is 30.3 Å². The van der Waals surface area contributed by atoms with Gasteiger partial charge in [-0.15, -0.1) is 0 Å². The number of hydrazine groups is 1. The molecule has 144 valence electrons. The van der Waals surface area contributed by atoms with Gasteiger partial charge in [0.05, 0.1) is 6.04 Å². The molecule has 0 aliphatic rings. The van der Waals surface area contributed by atoms with Crippen LogP contribution in [-0.2, 0) is 20.9 Å². The highest BCUT2D eigenvalue weighted by Crippen LogP contribution is 2.04. The maximum atomic E-state index is 12.3. The van der Waals surface area contributed by atoms with E-state index in [1.54, 1.807) is 27.7 Å². The van der Waals surface area contributed by atoms with Gasteiger partial charge >= 0.3 is 6.09 Å². The van der Waals surface area contributed by atoms with E-state index in [9.17, 15) is 14.4 Å². The van der Waals surface area contributed by atoms with E-state index in [1.165, 1.54) is 0 Å². The molecule has 26 heavy (non-hydrogen) atoms. The molecule has 8 nitrogen and oxygen atoms in total. The second-order valence-corrected chi connectivity index (χ2v) is 6.68. The molecule has 1 aromatic carbocycles. The Morgan fingerprint density at radius 3 is 2.08 bits per heavy atom. The van der Waals surface area contributed by atoms with E-state index in [1.807, 2.05) is 30.3 Å². The number of hydrogen-bond acceptors (Lipinski definition) is 5. The average molecular weight is 364 g/mol. The second-order valence-electron chi connectivity index (χ2n) is 6.68. The Morgan fingerprint density at radius 2 is 1.54 bits per heavy atom. The van der Waals surface area contributed by atoms with Crippen molar-refractivity contribution < 1.29 is 19.1 Å². The van der Waals surface area contributed by atoms with Crippen molar-refractivity contribution in [2.24, 2.45) is 17.6 Å². The van der Waals surface area contributed by atoms with Crippen molar-refractivity contribution in [3.63, 3.8) is 0 Å². The first-order valence-corrected chi connectivity index (χ1v) is 8.54. The molecule has 1 rings (SSSR count). The molecule has 0 aliphatic heterocycles. The molecule has 0 bridgehead atoms. The van der Waals surface area contributed by atoms with Crippen LogP contribution in [0.3, 0.4) is 0 Å². The maximum Gasteiger partial charge on any atom is 0.408 e. The quantitative estimate of drug-likeness (QED) is 0.539. The maximum absolute atomic E-state index is 12.3. The molecular formula is C18H28N4O4. The van der Waals surface area contributed by atoms with Gasteiger partial charge in [0.1, 0.15) is 12.6 Å². The number of hydrogen-bond donors (Lipinski definition) is 4. The lowest BCUT2D eigenvalue weighted by Crippen LogP contribution is -2.57. The average Bonchev–Trinajstić information content (AvgIpc) is 2.61. The van der Waals surface area contributed by atoms with Gasteiger partial charge < -0.3 is 15.8 Å². The smallest absolute Gasteiger partial charge is 0.408 e. The Hall–Kier alpha value is -2.61. The summed E-state index contributed by atoms with van der Waals surface area (Å²) in [6.45, 7) is 7.23. The molecule has 8 heteroatoms. The molecule has 0 spiro atoms. The molecule has 3 amide bonds. The summed E-state index contributed by atoms with van der Waals surface area (Å²) in [5.41, 5.74) is 11.1. The van der Waals surface area contributed by atoms with Crippen LogP contribution in [0.2, 0.25) is 0 Å². The highest BCUT2D eigenvalue weighted by Gasteiger charge is 2.26. The molecular weight excluding hydrogens is 336 g/mol. The monoisotopic (exact) mass is 364 g/mol. The number of benzene rings is 1. The van der Waals surface area contributed by atoms with Gasteiger partial charge in [0, 0.05) is 0 Å². The van der Waals surface area contributed by atoms with E-state index in [2.05, 4.69) is 16.2 Å². The fraction of sp³-hybridized carbons (Fsp3) is 0.500. The fourth-order valence-electron chi connectivity index (χ4n) is 2.01. The minimum atomic E-state index is -0.867. The van der Waals surface area contributed by atoms with Crippen molar-refractivity contribution in [1.82, 2.24) is 16.2 Å². The van der Waals surface area contributed by atoms with Crippen molar-refractivity contribution >= 4 is 17.9 Å². The molecule has 0 unspecified atom stereocenters. The van der Waals surface area contributed by atoms with Crippen LogP contribution in [0.1, 0.15) is 33.3 Å². The highest BCUT2D eigenvalue weighted by atomic mass is 16.5. The van der Waals surface area contributed by atoms with Gasteiger partial charge in [0.15, 0.2) is 0 Å². The number of amides is 3. The third-order valence-corrected chi connectivity index (χ3v) is 3.77. The van der Waals surface area contributed by atoms with Crippen molar-refractivity contribution in [2.75, 3.05) is 0 Å². The van der Waals surface area contributed by atoms with Crippen LogP contribution in [0, 0.1) is 11.8 Å². The summed E-state index contributed by atoms with van der Waals surface area (Å²) < 4.78 is 5.12. The second kappa shape index (κ2) is 10.4. The first-order chi connectivity index (χ1) is 12.2. The molecule has 5 N–H and O–H groups in total. The number of nitrogens with one attached hydrogen (secondary N) is 3. The summed E-state index contributed by atoms with van der Waals surface area (Å²) in [7, 11) is 0. The van der Waals surface area contributed by atoms with Crippen LogP contribution in [-0.4, -0.2) is 30.0 Å². The summed E-state index contributed by atoms with van der Waals surface area (Å²) in [5, 5.41) is 2.51. The lowest BCUT2D eigenvalue weighted by Gasteiger charge is -2.22. The van der Waals surface area contributed by atoms with Gasteiger partial charge in [-0.3, -0.25) is 20.4 Å². The number of carbonyl (C=O) groups excluding carboxylic acids is 3. The predicted molar refractivity (Wildman–Crippen MR) is 97.5 cm³/mol. The zero-order valence-corrected chi connectivity index (χ0v) is 15.6. The molecule has 2 atom stereocenters. The third-order valence-electron chi connectivity index (χ3n) is 3.77. The molecule has 0 fully saturated rings. The lowest BCUT2D eigenvalue weighted by atomic mass is 10.0. The van der Waals surface area contributed by atoms with Crippen LogP contribution in [0.4, 0.5) is 4.79 Å². The van der Waals surface area contributed by atoms with Crippen LogP contribution in [0.25, 0.3) is 0 Å². The number of carbonyl (C=O) groups is 3. The van der Waals surface area contributed by atoms with Gasteiger partial charge in [0.25, 0.3) is 11.8 Å². The number of alkyl carbamates (subject to hydrolysis) is 1. The van der Waals surface area contributed by atoms with Crippen LogP contribution >= 0.6 is 0 Å². The Labute approximate surface area is 153 Å². The Kier molecular flexibility index (Phi) is 8.57. The van der Waals surface area contributed by atoms with Crippen molar-refractivity contribution in [1.29, 1.82) is 0 Å². The lowest BCUT2D eigenvalue weighted by molar-refractivity contribution is -0.131. The Bertz CT molecular complexity index is 604. The predicted octanol–water partition coefficient (Wildman–Crippen LogP) is 1.07. The van der Waals surface area contributed by atoms with E-state index < -0.39 is 30.0 Å². The van der Waals surface area contributed by atoms with E-state index in [0.29, 0.717) is 0 Å². The first-order valence-electron chi connectivity index (χ1n) is 8.54. The zero-order valence-electron chi connectivity index (χ0n) is 15.6. The molecule has 1 aromatic rings. The van der Waals surface area contributed by atoms with Crippen LogP contribution < -0.4 is 21.9 Å². The number of ether oxygens (including phenoxy) is 1. The summed E-state index contributed by atoms with van der Waals surface area (Å²) in [6, 6.07) is 7.59. The molecule has 0 radical (unpaired) electrons. The van der Waals surface area contributed by atoms with Crippen molar-refractivity contribution in [3.05, 3.63) is 35.9 Å². The van der Waals surface area contributed by atoms with Gasteiger partial charge in [0.2, 0.25) is 0 Å². The molecule has 0 aromatic heterocycles. The van der Waals surface area contributed by atoms with E-state index in [-0.39, 0.29) is 18.4 Å². The van der Waals surface area contributed by atoms with E-state index in [0.717, 1.165) is 5.56 Å². The minimum absolute atomic E-state index is 0.0705. The zero-order chi connectivity index (χ0) is 19.7.